The van der Waals surface area contributed by atoms with Crippen molar-refractivity contribution in [1.82, 2.24) is 0 Å². The van der Waals surface area contributed by atoms with E-state index in [2.05, 4.69) is 6.58 Å². The van der Waals surface area contributed by atoms with Crippen LogP contribution < -0.4 is 11.5 Å². The first-order valence-corrected chi connectivity index (χ1v) is 13.0. The lowest BCUT2D eigenvalue weighted by Gasteiger charge is -2.28. The van der Waals surface area contributed by atoms with Gasteiger partial charge < -0.3 is 25.7 Å². The second kappa shape index (κ2) is 14.9. The zero-order valence-electron chi connectivity index (χ0n) is 21.4. The number of esters is 2. The molecule has 0 aromatic heterocycles. The van der Waals surface area contributed by atoms with E-state index in [4.69, 9.17) is 25.7 Å². The van der Waals surface area contributed by atoms with Crippen molar-refractivity contribution in [2.45, 2.75) is 63.6 Å². The van der Waals surface area contributed by atoms with Crippen molar-refractivity contribution in [3.8, 4) is 0 Å². The lowest BCUT2D eigenvalue weighted by molar-refractivity contribution is -0.137. The summed E-state index contributed by atoms with van der Waals surface area (Å²) in [5, 5.41) is 0. The Balaban J connectivity index is 1.35. The summed E-state index contributed by atoms with van der Waals surface area (Å²) in [6.45, 7) is 4.73. The predicted octanol–water partition coefficient (Wildman–Crippen LogP) is 5.49. The van der Waals surface area contributed by atoms with Gasteiger partial charge in [-0.3, -0.25) is 0 Å². The van der Waals surface area contributed by atoms with Crippen molar-refractivity contribution in [2.75, 3.05) is 24.7 Å². The van der Waals surface area contributed by atoms with Gasteiger partial charge in [0.1, 0.15) is 6.10 Å². The van der Waals surface area contributed by atoms with Gasteiger partial charge >= 0.3 is 11.9 Å². The lowest BCUT2D eigenvalue weighted by atomic mass is 9.95. The molecular formula is C30H38N2O5. The second-order valence-electron chi connectivity index (χ2n) is 9.29. The van der Waals surface area contributed by atoms with Crippen molar-refractivity contribution in [2.24, 2.45) is 0 Å². The lowest BCUT2D eigenvalue weighted by Crippen LogP contribution is -2.28. The number of ether oxygens (including phenoxy) is 3. The summed E-state index contributed by atoms with van der Waals surface area (Å²) in [5.41, 5.74) is 14.9. The van der Waals surface area contributed by atoms with E-state index in [9.17, 15) is 9.59 Å². The number of carbonyl (C=O) groups is 2. The number of nitrogens with two attached hydrogens (primary N) is 2. The fraction of sp³-hybridized carbons (Fsp3) is 0.400. The predicted molar refractivity (Wildman–Crippen MR) is 147 cm³/mol. The Bertz CT molecular complexity index is 1060. The zero-order chi connectivity index (χ0) is 26.5. The molecule has 7 nitrogen and oxygen atoms in total. The van der Waals surface area contributed by atoms with Crippen LogP contribution in [0.1, 0.15) is 66.4 Å². The SMILES string of the molecule is C=CCCCCOC1CCC(OC(=O)c2ccc(C=CC(=O)OCCc3ccc(N)cc3N)cc2)CC1. The molecule has 0 heterocycles. The molecule has 0 atom stereocenters. The van der Waals surface area contributed by atoms with Gasteiger partial charge in [-0.2, -0.15) is 0 Å². The zero-order valence-corrected chi connectivity index (χ0v) is 21.4. The minimum absolute atomic E-state index is 0.0777. The molecule has 1 saturated carbocycles. The van der Waals surface area contributed by atoms with Crippen molar-refractivity contribution < 1.29 is 23.8 Å². The van der Waals surface area contributed by atoms with E-state index in [-0.39, 0.29) is 24.8 Å². The highest BCUT2D eigenvalue weighted by atomic mass is 16.5. The first kappa shape index (κ1) is 28.0. The van der Waals surface area contributed by atoms with Gasteiger partial charge in [-0.15, -0.1) is 6.58 Å². The largest absolute Gasteiger partial charge is 0.462 e. The van der Waals surface area contributed by atoms with Gasteiger partial charge in [0.25, 0.3) is 0 Å². The highest BCUT2D eigenvalue weighted by Crippen LogP contribution is 2.25. The van der Waals surface area contributed by atoms with Gasteiger partial charge in [0.05, 0.1) is 18.3 Å². The topological polar surface area (TPSA) is 114 Å². The number of anilines is 2. The average molecular weight is 507 g/mol. The molecule has 7 heteroatoms. The van der Waals surface area contributed by atoms with Gasteiger partial charge in [-0.1, -0.05) is 24.3 Å². The minimum Gasteiger partial charge on any atom is -0.462 e. The van der Waals surface area contributed by atoms with Crippen molar-refractivity contribution in [1.29, 1.82) is 0 Å². The molecule has 0 aliphatic heterocycles. The molecule has 0 saturated heterocycles. The van der Waals surface area contributed by atoms with Crippen LogP contribution in [0.25, 0.3) is 6.08 Å². The summed E-state index contributed by atoms with van der Waals surface area (Å²) in [4.78, 5) is 24.6. The average Bonchev–Trinajstić information content (AvgIpc) is 2.90. The molecule has 2 aromatic rings. The van der Waals surface area contributed by atoms with Gasteiger partial charge in [0, 0.05) is 30.5 Å². The maximum absolute atomic E-state index is 12.6. The standard InChI is InChI=1S/C30H38N2O5/c1-2-3-4-5-19-35-26-13-15-27(16-14-26)37-30(34)24-9-6-22(7-10-24)8-17-29(33)36-20-18-23-11-12-25(31)21-28(23)32/h2,6-12,17,21,26-27H,1,3-5,13-16,18-20,31-32H2. The number of allylic oxidation sites excluding steroid dienone is 1. The van der Waals surface area contributed by atoms with E-state index >= 15 is 0 Å². The fourth-order valence-corrected chi connectivity index (χ4v) is 4.22. The Hall–Kier alpha value is -3.58. The summed E-state index contributed by atoms with van der Waals surface area (Å²) in [5.74, 6) is -0.778. The third kappa shape index (κ3) is 9.77. The van der Waals surface area contributed by atoms with Crippen LogP contribution in [0.4, 0.5) is 11.4 Å². The molecule has 1 aliphatic rings. The molecule has 0 unspecified atom stereocenters. The number of carbonyl (C=O) groups excluding carboxylic acids is 2. The minimum atomic E-state index is -0.450. The molecule has 0 spiro atoms. The molecule has 4 N–H and O–H groups in total. The fourth-order valence-electron chi connectivity index (χ4n) is 4.22. The van der Waals surface area contributed by atoms with Crippen molar-refractivity contribution in [3.63, 3.8) is 0 Å². The number of hydrogen-bond donors (Lipinski definition) is 2. The molecule has 1 aliphatic carbocycles. The van der Waals surface area contributed by atoms with E-state index in [1.807, 2.05) is 12.1 Å². The third-order valence-electron chi connectivity index (χ3n) is 6.39. The molecule has 2 aromatic carbocycles. The van der Waals surface area contributed by atoms with Crippen LogP contribution in [0, 0.1) is 0 Å². The molecule has 37 heavy (non-hydrogen) atoms. The second-order valence-corrected chi connectivity index (χ2v) is 9.29. The Morgan fingerprint density at radius 3 is 2.38 bits per heavy atom. The first-order valence-electron chi connectivity index (χ1n) is 13.0. The molecule has 0 bridgehead atoms. The number of unbranched alkanes of at least 4 members (excludes halogenated alkanes) is 2. The van der Waals surface area contributed by atoms with Gasteiger partial charge in [0.15, 0.2) is 0 Å². The van der Waals surface area contributed by atoms with Gasteiger partial charge in [0.2, 0.25) is 0 Å². The number of nitrogen functional groups attached to an aromatic ring is 2. The Labute approximate surface area is 219 Å². The van der Waals surface area contributed by atoms with Crippen molar-refractivity contribution in [3.05, 3.63) is 77.9 Å². The Kier molecular flexibility index (Phi) is 11.2. The van der Waals surface area contributed by atoms with E-state index in [1.165, 1.54) is 6.08 Å². The summed E-state index contributed by atoms with van der Waals surface area (Å²) in [6, 6.07) is 12.2. The van der Waals surface area contributed by atoms with Crippen molar-refractivity contribution >= 4 is 29.4 Å². The van der Waals surface area contributed by atoms with Crippen LogP contribution in [-0.4, -0.2) is 37.4 Å². The highest BCUT2D eigenvalue weighted by molar-refractivity contribution is 5.90. The summed E-state index contributed by atoms with van der Waals surface area (Å²) in [7, 11) is 0. The van der Waals surface area contributed by atoms with E-state index in [1.54, 1.807) is 42.5 Å². The highest BCUT2D eigenvalue weighted by Gasteiger charge is 2.24. The molecule has 0 radical (unpaired) electrons. The quantitative estimate of drug-likeness (QED) is 0.121. The molecule has 1 fully saturated rings. The van der Waals surface area contributed by atoms with E-state index in [0.717, 1.165) is 62.7 Å². The van der Waals surface area contributed by atoms with Gasteiger partial charge in [-0.05, 0) is 86.4 Å². The number of benzene rings is 2. The Morgan fingerprint density at radius 2 is 1.68 bits per heavy atom. The van der Waals surface area contributed by atoms with Gasteiger partial charge in [-0.25, -0.2) is 9.59 Å². The van der Waals surface area contributed by atoms with Crippen LogP contribution in [0.2, 0.25) is 0 Å². The normalized spacial score (nSPS) is 17.4. The van der Waals surface area contributed by atoms with E-state index in [0.29, 0.717) is 23.4 Å². The third-order valence-corrected chi connectivity index (χ3v) is 6.39. The van der Waals surface area contributed by atoms with Crippen LogP contribution in [0.3, 0.4) is 0 Å². The Morgan fingerprint density at radius 1 is 0.946 bits per heavy atom. The first-order chi connectivity index (χ1) is 17.9. The number of rotatable bonds is 13. The van der Waals surface area contributed by atoms with Crippen LogP contribution >= 0.6 is 0 Å². The molecular weight excluding hydrogens is 468 g/mol. The van der Waals surface area contributed by atoms with E-state index < -0.39 is 5.97 Å². The van der Waals surface area contributed by atoms with Crippen LogP contribution in [0.5, 0.6) is 0 Å². The molecule has 198 valence electrons. The molecule has 3 rings (SSSR count). The maximum atomic E-state index is 12.6. The number of hydrogen-bond acceptors (Lipinski definition) is 7. The molecule has 0 amide bonds. The monoisotopic (exact) mass is 506 g/mol. The van der Waals surface area contributed by atoms with Crippen LogP contribution in [0.15, 0.2) is 61.2 Å². The smallest absolute Gasteiger partial charge is 0.338 e. The summed E-state index contributed by atoms with van der Waals surface area (Å²) in [6.07, 6.45) is 12.3. The van der Waals surface area contributed by atoms with Crippen LogP contribution in [-0.2, 0) is 25.4 Å². The summed E-state index contributed by atoms with van der Waals surface area (Å²) >= 11 is 0. The summed E-state index contributed by atoms with van der Waals surface area (Å²) < 4.78 is 16.9. The maximum Gasteiger partial charge on any atom is 0.338 e.